The molecule has 0 saturated heterocycles. The highest BCUT2D eigenvalue weighted by Gasteiger charge is 2.10. The Morgan fingerprint density at radius 1 is 1.10 bits per heavy atom. The second-order valence-corrected chi connectivity index (χ2v) is 4.72. The van der Waals surface area contributed by atoms with Gasteiger partial charge in [0.1, 0.15) is 23.9 Å². The molecule has 0 bridgehead atoms. The number of benzene rings is 2. The Balaban J connectivity index is 1.90. The van der Waals surface area contributed by atoms with Crippen molar-refractivity contribution >= 4 is 10.9 Å². The van der Waals surface area contributed by atoms with Crippen LogP contribution in [0.4, 0.5) is 0 Å². The van der Waals surface area contributed by atoms with E-state index in [2.05, 4.69) is 0 Å². The number of fused-ring (bicyclic) bond motifs is 1. The van der Waals surface area contributed by atoms with Crippen molar-refractivity contribution in [3.05, 3.63) is 54.2 Å². The van der Waals surface area contributed by atoms with Crippen LogP contribution in [0.15, 0.2) is 48.7 Å². The molecule has 0 aliphatic rings. The summed E-state index contributed by atoms with van der Waals surface area (Å²) in [5, 5.41) is 20.3. The van der Waals surface area contributed by atoms with Gasteiger partial charge in [0.2, 0.25) is 0 Å². The molecule has 0 aliphatic carbocycles. The number of ether oxygens (including phenoxy) is 1. The summed E-state index contributed by atoms with van der Waals surface area (Å²) in [6.07, 6.45) is 1.94. The van der Waals surface area contributed by atoms with Crippen LogP contribution in [0.2, 0.25) is 0 Å². The average Bonchev–Trinajstić information content (AvgIpc) is 2.75. The van der Waals surface area contributed by atoms with Crippen molar-refractivity contribution < 1.29 is 14.9 Å². The topological polar surface area (TPSA) is 54.6 Å². The summed E-state index contributed by atoms with van der Waals surface area (Å²) in [6, 6.07) is 12.1. The van der Waals surface area contributed by atoms with E-state index in [0.717, 1.165) is 16.5 Å². The van der Waals surface area contributed by atoms with E-state index in [-0.39, 0.29) is 11.5 Å². The van der Waals surface area contributed by atoms with Gasteiger partial charge in [-0.25, -0.2) is 0 Å². The molecule has 0 spiro atoms. The predicted octanol–water partition coefficient (Wildman–Crippen LogP) is 3.17. The van der Waals surface area contributed by atoms with Crippen molar-refractivity contribution in [1.82, 2.24) is 4.57 Å². The molecule has 1 aromatic heterocycles. The van der Waals surface area contributed by atoms with Crippen LogP contribution in [-0.4, -0.2) is 14.8 Å². The third-order valence-corrected chi connectivity index (χ3v) is 3.27. The van der Waals surface area contributed by atoms with Gasteiger partial charge in [0.05, 0.1) is 5.52 Å². The summed E-state index contributed by atoms with van der Waals surface area (Å²) in [4.78, 5) is 0. The first-order valence-corrected chi connectivity index (χ1v) is 6.33. The van der Waals surface area contributed by atoms with Gasteiger partial charge in [-0.1, -0.05) is 18.2 Å². The first-order valence-electron chi connectivity index (χ1n) is 6.33. The van der Waals surface area contributed by atoms with Gasteiger partial charge in [0.15, 0.2) is 0 Å². The molecule has 0 aliphatic heterocycles. The number of nitrogens with zero attached hydrogens (tertiary/aromatic N) is 1. The quantitative estimate of drug-likeness (QED) is 0.768. The molecule has 0 saturated carbocycles. The highest BCUT2D eigenvalue weighted by atomic mass is 16.5. The van der Waals surface area contributed by atoms with Crippen molar-refractivity contribution in [2.45, 2.75) is 6.61 Å². The van der Waals surface area contributed by atoms with E-state index in [9.17, 15) is 10.2 Å². The minimum Gasteiger partial charge on any atom is -0.508 e. The highest BCUT2D eigenvalue weighted by molar-refractivity contribution is 5.88. The Hall–Kier alpha value is -2.62. The Bertz CT molecular complexity index is 762. The SMILES string of the molecule is Cn1cc(COc2cccc(O)c2)c2cccc(O)c21. The number of rotatable bonds is 3. The summed E-state index contributed by atoms with van der Waals surface area (Å²) >= 11 is 0. The summed E-state index contributed by atoms with van der Waals surface area (Å²) in [7, 11) is 1.89. The normalized spacial score (nSPS) is 10.8. The number of aromatic nitrogens is 1. The fourth-order valence-corrected chi connectivity index (χ4v) is 2.38. The van der Waals surface area contributed by atoms with Crippen LogP contribution in [0.25, 0.3) is 10.9 Å². The maximum absolute atomic E-state index is 9.89. The Morgan fingerprint density at radius 3 is 2.70 bits per heavy atom. The van der Waals surface area contributed by atoms with E-state index in [4.69, 9.17) is 4.74 Å². The van der Waals surface area contributed by atoms with Gasteiger partial charge in [-0.2, -0.15) is 0 Å². The first kappa shape index (κ1) is 12.4. The van der Waals surface area contributed by atoms with E-state index in [0.29, 0.717) is 12.4 Å². The molecule has 3 rings (SSSR count). The molecular weight excluding hydrogens is 254 g/mol. The van der Waals surface area contributed by atoms with Crippen LogP contribution in [0, 0.1) is 0 Å². The largest absolute Gasteiger partial charge is 0.508 e. The molecule has 0 amide bonds. The number of para-hydroxylation sites is 1. The van der Waals surface area contributed by atoms with Crippen LogP contribution < -0.4 is 4.74 Å². The molecule has 1 heterocycles. The molecule has 20 heavy (non-hydrogen) atoms. The lowest BCUT2D eigenvalue weighted by atomic mass is 10.2. The van der Waals surface area contributed by atoms with Crippen molar-refractivity contribution in [3.63, 3.8) is 0 Å². The van der Waals surface area contributed by atoms with Crippen LogP contribution in [0.1, 0.15) is 5.56 Å². The monoisotopic (exact) mass is 269 g/mol. The number of hydrogen-bond acceptors (Lipinski definition) is 3. The van der Waals surface area contributed by atoms with E-state index in [1.807, 2.05) is 29.9 Å². The second kappa shape index (κ2) is 4.81. The van der Waals surface area contributed by atoms with Gasteiger partial charge < -0.3 is 19.5 Å². The lowest BCUT2D eigenvalue weighted by molar-refractivity contribution is 0.305. The summed E-state index contributed by atoms with van der Waals surface area (Å²) in [6.45, 7) is 0.379. The second-order valence-electron chi connectivity index (χ2n) is 4.72. The van der Waals surface area contributed by atoms with Crippen molar-refractivity contribution in [2.24, 2.45) is 7.05 Å². The van der Waals surface area contributed by atoms with Crippen molar-refractivity contribution in [3.8, 4) is 17.2 Å². The van der Waals surface area contributed by atoms with Crippen LogP contribution >= 0.6 is 0 Å². The minimum absolute atomic E-state index is 0.179. The number of hydrogen-bond donors (Lipinski definition) is 2. The molecule has 0 atom stereocenters. The molecular formula is C16H15NO3. The third-order valence-electron chi connectivity index (χ3n) is 3.27. The number of phenols is 2. The highest BCUT2D eigenvalue weighted by Crippen LogP contribution is 2.29. The zero-order chi connectivity index (χ0) is 14.1. The Labute approximate surface area is 116 Å². The lowest BCUT2D eigenvalue weighted by Crippen LogP contribution is -1.94. The van der Waals surface area contributed by atoms with Gasteiger partial charge in [0, 0.05) is 30.3 Å². The number of phenolic OH excluding ortho intramolecular Hbond substituents is 2. The molecule has 0 fully saturated rings. The number of aromatic hydroxyl groups is 2. The fourth-order valence-electron chi connectivity index (χ4n) is 2.38. The van der Waals surface area contributed by atoms with Crippen molar-refractivity contribution in [2.75, 3.05) is 0 Å². The van der Waals surface area contributed by atoms with Gasteiger partial charge in [-0.3, -0.25) is 0 Å². The Kier molecular flexibility index (Phi) is 2.99. The maximum atomic E-state index is 9.89. The van der Waals surface area contributed by atoms with E-state index in [1.165, 1.54) is 0 Å². The smallest absolute Gasteiger partial charge is 0.139 e. The standard InChI is InChI=1S/C16H15NO3/c1-17-9-11(14-6-3-7-15(19)16(14)17)10-20-13-5-2-4-12(18)8-13/h2-9,18-19H,10H2,1H3. The molecule has 2 N–H and O–H groups in total. The summed E-state index contributed by atoms with van der Waals surface area (Å²) in [5.74, 6) is 1.05. The molecule has 4 nitrogen and oxygen atoms in total. The molecule has 4 heteroatoms. The van der Waals surface area contributed by atoms with Gasteiger partial charge in [0.25, 0.3) is 0 Å². The zero-order valence-electron chi connectivity index (χ0n) is 11.1. The van der Waals surface area contributed by atoms with Crippen LogP contribution in [-0.2, 0) is 13.7 Å². The molecule has 2 aromatic carbocycles. The molecule has 102 valence electrons. The van der Waals surface area contributed by atoms with Gasteiger partial charge in [-0.15, -0.1) is 0 Å². The number of aryl methyl sites for hydroxylation is 1. The van der Waals surface area contributed by atoms with Crippen LogP contribution in [0.5, 0.6) is 17.2 Å². The minimum atomic E-state index is 0.179. The molecule has 3 aromatic rings. The molecule has 0 radical (unpaired) electrons. The fraction of sp³-hybridized carbons (Fsp3) is 0.125. The third kappa shape index (κ3) is 2.16. The van der Waals surface area contributed by atoms with Crippen molar-refractivity contribution in [1.29, 1.82) is 0 Å². The van der Waals surface area contributed by atoms with E-state index in [1.54, 1.807) is 30.3 Å². The Morgan fingerprint density at radius 2 is 1.90 bits per heavy atom. The van der Waals surface area contributed by atoms with Gasteiger partial charge >= 0.3 is 0 Å². The van der Waals surface area contributed by atoms with Gasteiger partial charge in [-0.05, 0) is 18.2 Å². The average molecular weight is 269 g/mol. The maximum Gasteiger partial charge on any atom is 0.139 e. The molecule has 0 unspecified atom stereocenters. The first-order chi connectivity index (χ1) is 9.65. The van der Waals surface area contributed by atoms with E-state index < -0.39 is 0 Å². The lowest BCUT2D eigenvalue weighted by Gasteiger charge is -2.05. The summed E-state index contributed by atoms with van der Waals surface area (Å²) in [5.41, 5.74) is 1.78. The van der Waals surface area contributed by atoms with E-state index >= 15 is 0 Å². The summed E-state index contributed by atoms with van der Waals surface area (Å²) < 4.78 is 7.56. The zero-order valence-corrected chi connectivity index (χ0v) is 11.1. The van der Waals surface area contributed by atoms with Crippen LogP contribution in [0.3, 0.4) is 0 Å². The predicted molar refractivity (Wildman–Crippen MR) is 77.0 cm³/mol.